The van der Waals surface area contributed by atoms with Crippen molar-refractivity contribution in [2.45, 2.75) is 18.9 Å². The van der Waals surface area contributed by atoms with Crippen molar-refractivity contribution in [3.63, 3.8) is 0 Å². The van der Waals surface area contributed by atoms with Gasteiger partial charge in [0.05, 0.1) is 0 Å². The van der Waals surface area contributed by atoms with Crippen LogP contribution in [0.4, 0.5) is 0 Å². The predicted octanol–water partition coefficient (Wildman–Crippen LogP) is 2.15. The van der Waals surface area contributed by atoms with E-state index in [1.165, 1.54) is 0 Å². The Kier molecular flexibility index (Phi) is 12.9. The molecule has 6 N–H and O–H groups in total. The van der Waals surface area contributed by atoms with Crippen LogP contribution in [0, 0.1) is 0 Å². The van der Waals surface area contributed by atoms with Crippen LogP contribution in [0.5, 0.6) is 0 Å². The van der Waals surface area contributed by atoms with Gasteiger partial charge in [0.15, 0.2) is 0 Å². The quantitative estimate of drug-likeness (QED) is 0.532. The highest BCUT2D eigenvalue weighted by molar-refractivity contribution is 6.62. The van der Waals surface area contributed by atoms with Gasteiger partial charge in [0.1, 0.15) is 0 Å². The van der Waals surface area contributed by atoms with E-state index in [1.807, 2.05) is 6.08 Å². The third-order valence-electron chi connectivity index (χ3n) is 2.03. The fourth-order valence-corrected chi connectivity index (χ4v) is 3.46. The van der Waals surface area contributed by atoms with Crippen molar-refractivity contribution in [1.29, 1.82) is 0 Å². The zero-order valence-electron chi connectivity index (χ0n) is 9.71. The van der Waals surface area contributed by atoms with Gasteiger partial charge in [-0.25, -0.2) is 0 Å². The lowest BCUT2D eigenvalue weighted by molar-refractivity contribution is 0.116. The average Bonchev–Trinajstić information content (AvgIpc) is 2.14. The molecule has 6 heteroatoms. The summed E-state index contributed by atoms with van der Waals surface area (Å²) in [5.41, 5.74) is 0.178. The van der Waals surface area contributed by atoms with Crippen molar-refractivity contribution in [3.05, 3.63) is 12.7 Å². The fourth-order valence-electron chi connectivity index (χ4n) is 1.27. The molecule has 0 spiro atoms. The van der Waals surface area contributed by atoms with Crippen LogP contribution in [-0.4, -0.2) is 30.1 Å². The van der Waals surface area contributed by atoms with Gasteiger partial charge in [-0.15, -0.1) is 6.58 Å². The lowest BCUT2D eigenvalue weighted by Gasteiger charge is -2.29. The van der Waals surface area contributed by atoms with Gasteiger partial charge < -0.3 is 25.6 Å². The van der Waals surface area contributed by atoms with Crippen molar-refractivity contribution in [2.24, 2.45) is 0 Å². The summed E-state index contributed by atoms with van der Waals surface area (Å²) in [6, 6.07) is 0. The Labute approximate surface area is 88.0 Å². The zero-order chi connectivity index (χ0) is 9.61. The van der Waals surface area contributed by atoms with Crippen molar-refractivity contribution in [3.8, 4) is 0 Å². The first-order valence-corrected chi connectivity index (χ1v) is 5.78. The molecule has 0 rings (SSSR count). The second kappa shape index (κ2) is 9.32. The van der Waals surface area contributed by atoms with Gasteiger partial charge in [-0.1, -0.05) is 13.0 Å². The Morgan fingerprint density at radius 3 is 1.57 bits per heavy atom. The summed E-state index contributed by atoms with van der Waals surface area (Å²) in [5, 5.41) is 0. The summed E-state index contributed by atoms with van der Waals surface area (Å²) in [5.74, 6) is 0. The highest BCUT2D eigenvalue weighted by Crippen LogP contribution is 2.27. The standard InChI is InChI=1S/C8H18O3Si.2H3N/c1-6-8(7-2)12(9-3,10-4)11-5;;/h6,8H,1,7H2,2-5H3;2*1H3. The highest BCUT2D eigenvalue weighted by Gasteiger charge is 2.44. The largest absolute Gasteiger partial charge is 0.507 e. The minimum absolute atomic E-state index is 0. The van der Waals surface area contributed by atoms with Crippen LogP contribution >= 0.6 is 0 Å². The zero-order valence-corrected chi connectivity index (χ0v) is 10.7. The Balaban J connectivity index is -0.000000605. The van der Waals surface area contributed by atoms with Gasteiger partial charge in [-0.3, -0.25) is 0 Å². The second-order valence-corrected chi connectivity index (χ2v) is 5.64. The van der Waals surface area contributed by atoms with E-state index in [2.05, 4.69) is 13.5 Å². The number of hydrogen-bond acceptors (Lipinski definition) is 5. The van der Waals surface area contributed by atoms with E-state index in [9.17, 15) is 0 Å². The molecule has 0 aliphatic carbocycles. The van der Waals surface area contributed by atoms with Crippen LogP contribution in [0.2, 0.25) is 5.54 Å². The van der Waals surface area contributed by atoms with E-state index in [4.69, 9.17) is 13.3 Å². The maximum Gasteiger partial charge on any atom is 0.507 e. The van der Waals surface area contributed by atoms with Gasteiger partial charge in [-0.05, 0) is 6.42 Å². The third-order valence-corrected chi connectivity index (χ3v) is 5.29. The van der Waals surface area contributed by atoms with E-state index >= 15 is 0 Å². The molecule has 0 aromatic heterocycles. The van der Waals surface area contributed by atoms with Gasteiger partial charge >= 0.3 is 8.80 Å². The normalized spacial score (nSPS) is 12.3. The molecule has 0 saturated heterocycles. The van der Waals surface area contributed by atoms with Gasteiger partial charge in [0.2, 0.25) is 0 Å². The maximum atomic E-state index is 5.30. The predicted molar refractivity (Wildman–Crippen MR) is 61.1 cm³/mol. The molecule has 5 nitrogen and oxygen atoms in total. The molecule has 0 heterocycles. The van der Waals surface area contributed by atoms with Crippen molar-refractivity contribution < 1.29 is 13.3 Å². The summed E-state index contributed by atoms with van der Waals surface area (Å²) in [4.78, 5) is 0. The van der Waals surface area contributed by atoms with Crippen molar-refractivity contribution in [2.75, 3.05) is 21.3 Å². The Morgan fingerprint density at radius 2 is 1.50 bits per heavy atom. The van der Waals surface area contributed by atoms with Gasteiger partial charge in [-0.2, -0.15) is 0 Å². The van der Waals surface area contributed by atoms with E-state index in [1.54, 1.807) is 21.3 Å². The Hall–Kier alpha value is -0.243. The first-order chi connectivity index (χ1) is 5.70. The minimum atomic E-state index is -2.46. The van der Waals surface area contributed by atoms with E-state index in [-0.39, 0.29) is 17.8 Å². The maximum absolute atomic E-state index is 5.30. The van der Waals surface area contributed by atoms with Crippen LogP contribution in [0.15, 0.2) is 12.7 Å². The summed E-state index contributed by atoms with van der Waals surface area (Å²) in [6.07, 6.45) is 2.76. The van der Waals surface area contributed by atoms with Gasteiger partial charge in [0.25, 0.3) is 0 Å². The smallest absolute Gasteiger partial charge is 0.376 e. The molecule has 0 fully saturated rings. The van der Waals surface area contributed by atoms with Crippen molar-refractivity contribution in [1.82, 2.24) is 12.3 Å². The Bertz CT molecular complexity index is 134. The molecule has 0 radical (unpaired) electrons. The molecule has 1 atom stereocenters. The van der Waals surface area contributed by atoms with Crippen LogP contribution in [0.3, 0.4) is 0 Å². The van der Waals surface area contributed by atoms with Crippen LogP contribution < -0.4 is 12.3 Å². The summed E-state index contributed by atoms with van der Waals surface area (Å²) < 4.78 is 15.9. The molecule has 0 aromatic rings. The number of rotatable bonds is 6. The molecule has 88 valence electrons. The third kappa shape index (κ3) is 3.87. The molecule has 0 saturated carbocycles. The molecule has 0 aromatic carbocycles. The molecular formula is C8H24N2O3Si. The number of allylic oxidation sites excluding steroid dienone is 1. The molecule has 0 amide bonds. The molecule has 0 aliphatic heterocycles. The van der Waals surface area contributed by atoms with Crippen LogP contribution in [0.1, 0.15) is 13.3 Å². The number of hydrogen-bond donors (Lipinski definition) is 2. The lowest BCUT2D eigenvalue weighted by atomic mass is 10.3. The first-order valence-electron chi connectivity index (χ1n) is 3.98. The van der Waals surface area contributed by atoms with Crippen molar-refractivity contribution >= 4 is 8.80 Å². The summed E-state index contributed by atoms with van der Waals surface area (Å²) in [7, 11) is 2.38. The molecule has 14 heavy (non-hydrogen) atoms. The second-order valence-electron chi connectivity index (χ2n) is 2.47. The van der Waals surface area contributed by atoms with Crippen LogP contribution in [0.25, 0.3) is 0 Å². The molecule has 0 bridgehead atoms. The molecule has 0 aliphatic rings. The lowest BCUT2D eigenvalue weighted by Crippen LogP contribution is -2.46. The summed E-state index contributed by atoms with van der Waals surface area (Å²) >= 11 is 0. The molecular weight excluding hydrogens is 200 g/mol. The minimum Gasteiger partial charge on any atom is -0.376 e. The van der Waals surface area contributed by atoms with Gasteiger partial charge in [0, 0.05) is 26.9 Å². The Morgan fingerprint density at radius 1 is 1.14 bits per heavy atom. The monoisotopic (exact) mass is 224 g/mol. The fraction of sp³-hybridized carbons (Fsp3) is 0.750. The van der Waals surface area contributed by atoms with E-state index in [0.717, 1.165) is 6.42 Å². The SMILES string of the molecule is C=CC(CC)[Si](OC)(OC)OC.N.N. The summed E-state index contributed by atoms with van der Waals surface area (Å²) in [6.45, 7) is 5.80. The van der Waals surface area contributed by atoms with Crippen LogP contribution in [-0.2, 0) is 13.3 Å². The first kappa shape index (κ1) is 19.3. The highest BCUT2D eigenvalue weighted by atomic mass is 28.4. The molecule has 1 unspecified atom stereocenters. The average molecular weight is 224 g/mol. The topological polar surface area (TPSA) is 97.7 Å². The van der Waals surface area contributed by atoms with E-state index in [0.29, 0.717) is 0 Å². The van der Waals surface area contributed by atoms with E-state index < -0.39 is 8.80 Å².